The highest BCUT2D eigenvalue weighted by Crippen LogP contribution is 2.20. The molecule has 0 rings (SSSR count). The monoisotopic (exact) mass is 212 g/mol. The highest BCUT2D eigenvalue weighted by Gasteiger charge is 2.29. The first-order chi connectivity index (χ1) is 6.45. The van der Waals surface area contributed by atoms with Crippen molar-refractivity contribution in [2.75, 3.05) is 19.6 Å². The van der Waals surface area contributed by atoms with Crippen molar-refractivity contribution < 1.29 is 13.2 Å². The second-order valence-corrected chi connectivity index (χ2v) is 3.42. The van der Waals surface area contributed by atoms with Crippen LogP contribution in [-0.4, -0.2) is 31.9 Å². The van der Waals surface area contributed by atoms with Crippen LogP contribution in [-0.2, 0) is 0 Å². The van der Waals surface area contributed by atoms with Crippen molar-refractivity contribution >= 4 is 0 Å². The van der Waals surface area contributed by atoms with Crippen molar-refractivity contribution in [1.29, 1.82) is 0 Å². The van der Waals surface area contributed by atoms with Crippen LogP contribution in [0, 0.1) is 0 Å². The molecule has 1 unspecified atom stereocenters. The fourth-order valence-electron chi connectivity index (χ4n) is 1.13. The average Bonchev–Trinajstić information content (AvgIpc) is 2.00. The van der Waals surface area contributed by atoms with E-state index in [0.29, 0.717) is 6.54 Å². The van der Waals surface area contributed by atoms with E-state index in [1.165, 1.54) is 0 Å². The lowest BCUT2D eigenvalue weighted by atomic mass is 10.2. The van der Waals surface area contributed by atoms with Crippen LogP contribution in [0.4, 0.5) is 13.2 Å². The second kappa shape index (κ2) is 7.06. The molecule has 0 aliphatic carbocycles. The minimum atomic E-state index is -4.07. The summed E-state index contributed by atoms with van der Waals surface area (Å²) in [5.74, 6) is 0. The lowest BCUT2D eigenvalue weighted by Crippen LogP contribution is -2.36. The maximum Gasteiger partial charge on any atom is 0.390 e. The Morgan fingerprint density at radius 3 is 2.29 bits per heavy atom. The molecule has 0 fully saturated rings. The van der Waals surface area contributed by atoms with Gasteiger partial charge in [-0.1, -0.05) is 6.92 Å². The topological polar surface area (TPSA) is 24.1 Å². The molecule has 0 aliphatic heterocycles. The van der Waals surface area contributed by atoms with Crippen LogP contribution in [0.3, 0.4) is 0 Å². The molecule has 0 amide bonds. The fraction of sp³-hybridized carbons (Fsp3) is 1.00. The molecular weight excluding hydrogens is 193 g/mol. The first-order valence-electron chi connectivity index (χ1n) is 4.96. The van der Waals surface area contributed by atoms with Gasteiger partial charge in [-0.15, -0.1) is 0 Å². The molecule has 1 atom stereocenters. The van der Waals surface area contributed by atoms with Crippen LogP contribution in [0.2, 0.25) is 0 Å². The molecule has 0 bridgehead atoms. The number of alkyl halides is 3. The molecule has 14 heavy (non-hydrogen) atoms. The molecule has 0 saturated heterocycles. The van der Waals surface area contributed by atoms with Gasteiger partial charge in [0.25, 0.3) is 0 Å². The van der Waals surface area contributed by atoms with Gasteiger partial charge in [0.15, 0.2) is 0 Å². The zero-order valence-electron chi connectivity index (χ0n) is 8.75. The van der Waals surface area contributed by atoms with Crippen LogP contribution in [0.25, 0.3) is 0 Å². The quantitative estimate of drug-likeness (QED) is 0.630. The predicted octanol–water partition coefficient (Wildman–Crippen LogP) is 1.92. The maximum atomic E-state index is 11.9. The van der Waals surface area contributed by atoms with Gasteiger partial charge < -0.3 is 10.6 Å². The number of hydrogen-bond acceptors (Lipinski definition) is 2. The van der Waals surface area contributed by atoms with Gasteiger partial charge in [0.2, 0.25) is 0 Å². The maximum absolute atomic E-state index is 11.9. The molecule has 0 spiro atoms. The highest BCUT2D eigenvalue weighted by molar-refractivity contribution is 4.66. The van der Waals surface area contributed by atoms with E-state index in [2.05, 4.69) is 10.6 Å². The molecule has 0 aromatic rings. The van der Waals surface area contributed by atoms with E-state index < -0.39 is 18.6 Å². The Morgan fingerprint density at radius 2 is 1.79 bits per heavy atom. The normalized spacial score (nSPS) is 14.4. The standard InChI is InChI=1S/C9H19F3N2/c1-3-4-13-5-6-14-8(2)7-9(10,11)12/h8,13-14H,3-7H2,1-2H3. The molecule has 0 heterocycles. The lowest BCUT2D eigenvalue weighted by molar-refractivity contribution is -0.138. The summed E-state index contributed by atoms with van der Waals surface area (Å²) in [5, 5.41) is 5.93. The van der Waals surface area contributed by atoms with Gasteiger partial charge in [0.1, 0.15) is 0 Å². The molecule has 86 valence electrons. The first kappa shape index (κ1) is 13.7. The Morgan fingerprint density at radius 1 is 1.14 bits per heavy atom. The Hall–Kier alpha value is -0.290. The lowest BCUT2D eigenvalue weighted by Gasteiger charge is -2.15. The zero-order valence-corrected chi connectivity index (χ0v) is 8.75. The van der Waals surface area contributed by atoms with E-state index in [1.807, 2.05) is 6.92 Å². The Balaban J connectivity index is 3.31. The van der Waals surface area contributed by atoms with Crippen LogP contribution < -0.4 is 10.6 Å². The van der Waals surface area contributed by atoms with Gasteiger partial charge in [0.05, 0.1) is 6.42 Å². The minimum Gasteiger partial charge on any atom is -0.315 e. The summed E-state index contributed by atoms with van der Waals surface area (Å²) in [4.78, 5) is 0. The smallest absolute Gasteiger partial charge is 0.315 e. The van der Waals surface area contributed by atoms with Crippen LogP contribution in [0.15, 0.2) is 0 Å². The molecule has 0 saturated carbocycles. The largest absolute Gasteiger partial charge is 0.390 e. The molecule has 0 radical (unpaired) electrons. The SMILES string of the molecule is CCCNCCNC(C)CC(F)(F)F. The van der Waals surface area contributed by atoms with Crippen molar-refractivity contribution in [3.63, 3.8) is 0 Å². The Bertz CT molecular complexity index is 137. The molecule has 0 aromatic heterocycles. The van der Waals surface area contributed by atoms with Gasteiger partial charge in [-0.25, -0.2) is 0 Å². The molecule has 0 aromatic carbocycles. The van der Waals surface area contributed by atoms with E-state index in [4.69, 9.17) is 0 Å². The summed E-state index contributed by atoms with van der Waals surface area (Å²) < 4.78 is 35.6. The first-order valence-corrected chi connectivity index (χ1v) is 4.96. The minimum absolute atomic E-state index is 0.501. The van der Waals surface area contributed by atoms with Crippen LogP contribution >= 0.6 is 0 Å². The Kier molecular flexibility index (Phi) is 6.92. The summed E-state index contributed by atoms with van der Waals surface area (Å²) in [6.07, 6.45) is -3.79. The molecule has 0 aliphatic rings. The van der Waals surface area contributed by atoms with Crippen molar-refractivity contribution in [1.82, 2.24) is 10.6 Å². The van der Waals surface area contributed by atoms with E-state index in [9.17, 15) is 13.2 Å². The molecular formula is C9H19F3N2. The van der Waals surface area contributed by atoms with Gasteiger partial charge in [-0.2, -0.15) is 13.2 Å². The van der Waals surface area contributed by atoms with Crippen LogP contribution in [0.1, 0.15) is 26.7 Å². The fourth-order valence-corrected chi connectivity index (χ4v) is 1.13. The van der Waals surface area contributed by atoms with Crippen molar-refractivity contribution in [2.45, 2.75) is 38.9 Å². The van der Waals surface area contributed by atoms with Crippen molar-refractivity contribution in [2.24, 2.45) is 0 Å². The predicted molar refractivity (Wildman–Crippen MR) is 51.3 cm³/mol. The summed E-state index contributed by atoms with van der Waals surface area (Å²) in [7, 11) is 0. The average molecular weight is 212 g/mol. The highest BCUT2D eigenvalue weighted by atomic mass is 19.4. The number of hydrogen-bond donors (Lipinski definition) is 2. The van der Waals surface area contributed by atoms with Crippen molar-refractivity contribution in [3.8, 4) is 0 Å². The van der Waals surface area contributed by atoms with E-state index in [0.717, 1.165) is 19.5 Å². The number of halogens is 3. The number of nitrogens with one attached hydrogen (secondary N) is 2. The zero-order chi connectivity index (χ0) is 11.0. The van der Waals surface area contributed by atoms with E-state index in [-0.39, 0.29) is 0 Å². The second-order valence-electron chi connectivity index (χ2n) is 3.42. The van der Waals surface area contributed by atoms with E-state index >= 15 is 0 Å². The summed E-state index contributed by atoms with van der Waals surface area (Å²) in [6, 6.07) is -0.501. The number of rotatable bonds is 7. The molecule has 2 N–H and O–H groups in total. The summed E-state index contributed by atoms with van der Waals surface area (Å²) >= 11 is 0. The van der Waals surface area contributed by atoms with Crippen molar-refractivity contribution in [3.05, 3.63) is 0 Å². The molecule has 2 nitrogen and oxygen atoms in total. The molecule has 5 heteroatoms. The summed E-state index contributed by atoms with van der Waals surface area (Å²) in [5.41, 5.74) is 0. The van der Waals surface area contributed by atoms with Gasteiger partial charge in [-0.3, -0.25) is 0 Å². The van der Waals surface area contributed by atoms with Crippen LogP contribution in [0.5, 0.6) is 0 Å². The third kappa shape index (κ3) is 9.80. The summed E-state index contributed by atoms with van der Waals surface area (Å²) in [6.45, 7) is 5.81. The van der Waals surface area contributed by atoms with E-state index in [1.54, 1.807) is 6.92 Å². The Labute approximate surface area is 83.3 Å². The third-order valence-corrected chi connectivity index (χ3v) is 1.76. The third-order valence-electron chi connectivity index (χ3n) is 1.76. The van der Waals surface area contributed by atoms with Gasteiger partial charge in [0, 0.05) is 19.1 Å². The van der Waals surface area contributed by atoms with Gasteiger partial charge >= 0.3 is 6.18 Å². The van der Waals surface area contributed by atoms with Gasteiger partial charge in [-0.05, 0) is 19.9 Å².